The molecule has 0 aliphatic heterocycles. The van der Waals surface area contributed by atoms with E-state index in [2.05, 4.69) is 5.32 Å². The smallest absolute Gasteiger partial charge is 0.340 e. The Labute approximate surface area is 184 Å². The second kappa shape index (κ2) is 9.90. The molecule has 2 aromatic carbocycles. The highest BCUT2D eigenvalue weighted by molar-refractivity contribution is 7.12. The second-order valence-corrected chi connectivity index (χ2v) is 7.63. The van der Waals surface area contributed by atoms with E-state index < -0.39 is 18.5 Å². The number of amides is 2. The lowest BCUT2D eigenvalue weighted by molar-refractivity contribution is -0.119. The van der Waals surface area contributed by atoms with Crippen LogP contribution in [-0.2, 0) is 9.53 Å². The molecule has 8 heteroatoms. The number of carbonyl (C=O) groups is 3. The molecule has 1 heterocycles. The number of hydrogen-bond donors (Lipinski definition) is 1. The van der Waals surface area contributed by atoms with Crippen LogP contribution in [0, 0.1) is 6.92 Å². The summed E-state index contributed by atoms with van der Waals surface area (Å²) in [4.78, 5) is 39.5. The lowest BCUT2D eigenvalue weighted by Crippen LogP contribution is -2.28. The summed E-state index contributed by atoms with van der Waals surface area (Å²) in [5.74, 6) is -0.936. The largest absolute Gasteiger partial charge is 0.495 e. The maximum Gasteiger partial charge on any atom is 0.340 e. The van der Waals surface area contributed by atoms with E-state index in [1.165, 1.54) is 23.3 Å². The molecule has 1 N–H and O–H groups in total. The summed E-state index contributed by atoms with van der Waals surface area (Å²) in [5, 5.41) is 4.49. The summed E-state index contributed by atoms with van der Waals surface area (Å²) in [6, 6.07) is 15.5. The number of anilines is 2. The molecule has 31 heavy (non-hydrogen) atoms. The predicted molar refractivity (Wildman–Crippen MR) is 120 cm³/mol. The summed E-state index contributed by atoms with van der Waals surface area (Å²) < 4.78 is 10.4. The highest BCUT2D eigenvalue weighted by Crippen LogP contribution is 2.26. The summed E-state index contributed by atoms with van der Waals surface area (Å²) in [6.45, 7) is 1.41. The van der Waals surface area contributed by atoms with Crippen LogP contribution in [0.5, 0.6) is 5.75 Å². The van der Waals surface area contributed by atoms with Crippen molar-refractivity contribution in [1.82, 2.24) is 0 Å². The van der Waals surface area contributed by atoms with E-state index in [9.17, 15) is 14.4 Å². The molecule has 0 fully saturated rings. The Hall–Kier alpha value is -3.65. The van der Waals surface area contributed by atoms with Gasteiger partial charge in [0.15, 0.2) is 6.61 Å². The number of rotatable bonds is 7. The van der Waals surface area contributed by atoms with Gasteiger partial charge in [-0.1, -0.05) is 24.3 Å². The van der Waals surface area contributed by atoms with Crippen LogP contribution in [0.25, 0.3) is 0 Å². The molecule has 0 bridgehead atoms. The topological polar surface area (TPSA) is 84.9 Å². The molecule has 3 rings (SSSR count). The molecule has 7 nitrogen and oxygen atoms in total. The minimum atomic E-state index is -0.701. The number of aryl methyl sites for hydroxylation is 1. The first kappa shape index (κ1) is 22.0. The number of nitrogens with zero attached hydrogens (tertiary/aromatic N) is 1. The molecule has 0 spiro atoms. The fourth-order valence-corrected chi connectivity index (χ4v) is 3.63. The zero-order valence-corrected chi connectivity index (χ0v) is 18.2. The number of hydrogen-bond acceptors (Lipinski definition) is 6. The molecule has 160 valence electrons. The van der Waals surface area contributed by atoms with Crippen molar-refractivity contribution in [2.75, 3.05) is 31.0 Å². The Morgan fingerprint density at radius 2 is 1.84 bits per heavy atom. The van der Waals surface area contributed by atoms with E-state index in [1.807, 2.05) is 18.4 Å². The molecule has 3 aromatic rings. The van der Waals surface area contributed by atoms with Gasteiger partial charge >= 0.3 is 5.97 Å². The Bertz CT molecular complexity index is 1100. The summed E-state index contributed by atoms with van der Waals surface area (Å²) >= 11 is 1.32. The van der Waals surface area contributed by atoms with Crippen LogP contribution in [0.15, 0.2) is 60.0 Å². The Morgan fingerprint density at radius 1 is 1.06 bits per heavy atom. The van der Waals surface area contributed by atoms with Crippen LogP contribution < -0.4 is 15.0 Å². The van der Waals surface area contributed by atoms with Crippen molar-refractivity contribution < 1.29 is 23.9 Å². The van der Waals surface area contributed by atoms with Crippen LogP contribution >= 0.6 is 11.3 Å². The number of nitrogens with one attached hydrogen (secondary N) is 1. The standard InChI is InChI=1S/C23H22N2O5S/c1-15-10-11-19(29-3)17(13-15)24-21(26)14-30-23(28)16-7-4-5-8-18(16)25(2)22(27)20-9-6-12-31-20/h4-13H,14H2,1-3H3,(H,24,26). The zero-order valence-electron chi connectivity index (χ0n) is 17.4. The maximum absolute atomic E-state index is 12.7. The summed E-state index contributed by atoms with van der Waals surface area (Å²) in [5.41, 5.74) is 2.02. The molecule has 0 aliphatic rings. The molecule has 0 radical (unpaired) electrons. The highest BCUT2D eigenvalue weighted by atomic mass is 32.1. The van der Waals surface area contributed by atoms with Gasteiger partial charge in [-0.3, -0.25) is 9.59 Å². The number of benzene rings is 2. The van der Waals surface area contributed by atoms with Crippen LogP contribution in [-0.4, -0.2) is 38.5 Å². The number of carbonyl (C=O) groups excluding carboxylic acids is 3. The Kier molecular flexibility index (Phi) is 7.04. The van der Waals surface area contributed by atoms with Crippen molar-refractivity contribution in [2.24, 2.45) is 0 Å². The van der Waals surface area contributed by atoms with E-state index in [1.54, 1.807) is 55.6 Å². The lowest BCUT2D eigenvalue weighted by Gasteiger charge is -2.19. The molecule has 0 atom stereocenters. The van der Waals surface area contributed by atoms with Crippen LogP contribution in [0.2, 0.25) is 0 Å². The quantitative estimate of drug-likeness (QED) is 0.561. The van der Waals surface area contributed by atoms with Gasteiger partial charge in [-0.2, -0.15) is 0 Å². The molecular weight excluding hydrogens is 416 g/mol. The number of ether oxygens (including phenoxy) is 2. The van der Waals surface area contributed by atoms with E-state index in [0.717, 1.165) is 5.56 Å². The Balaban J connectivity index is 1.68. The number of esters is 1. The minimum Gasteiger partial charge on any atom is -0.495 e. The Morgan fingerprint density at radius 3 is 2.55 bits per heavy atom. The zero-order chi connectivity index (χ0) is 22.4. The van der Waals surface area contributed by atoms with E-state index in [0.29, 0.717) is 22.0 Å². The van der Waals surface area contributed by atoms with E-state index >= 15 is 0 Å². The third-order valence-electron chi connectivity index (χ3n) is 4.49. The van der Waals surface area contributed by atoms with Gasteiger partial charge in [-0.05, 0) is 48.2 Å². The lowest BCUT2D eigenvalue weighted by atomic mass is 10.1. The molecule has 0 aliphatic carbocycles. The number of thiophene rings is 1. The first-order chi connectivity index (χ1) is 14.9. The summed E-state index contributed by atoms with van der Waals surface area (Å²) in [7, 11) is 3.09. The molecule has 0 unspecified atom stereocenters. The highest BCUT2D eigenvalue weighted by Gasteiger charge is 2.21. The monoisotopic (exact) mass is 438 g/mol. The van der Waals surface area contributed by atoms with Crippen LogP contribution in [0.4, 0.5) is 11.4 Å². The van der Waals surface area contributed by atoms with Crippen molar-refractivity contribution in [3.05, 3.63) is 76.0 Å². The van der Waals surface area contributed by atoms with Gasteiger partial charge in [-0.25, -0.2) is 4.79 Å². The summed E-state index contributed by atoms with van der Waals surface area (Å²) in [6.07, 6.45) is 0. The fourth-order valence-electron chi connectivity index (χ4n) is 2.93. The van der Waals surface area contributed by atoms with E-state index in [4.69, 9.17) is 9.47 Å². The van der Waals surface area contributed by atoms with Gasteiger partial charge < -0.3 is 19.7 Å². The third-order valence-corrected chi connectivity index (χ3v) is 5.34. The van der Waals surface area contributed by atoms with Crippen molar-refractivity contribution in [2.45, 2.75) is 6.92 Å². The van der Waals surface area contributed by atoms with E-state index in [-0.39, 0.29) is 11.5 Å². The molecule has 0 saturated carbocycles. The van der Waals surface area contributed by atoms with Gasteiger partial charge in [0.25, 0.3) is 11.8 Å². The van der Waals surface area contributed by atoms with Crippen molar-refractivity contribution >= 4 is 40.5 Å². The van der Waals surface area contributed by atoms with Crippen molar-refractivity contribution in [1.29, 1.82) is 0 Å². The molecule has 2 amide bonds. The molecular formula is C23H22N2O5S. The minimum absolute atomic E-state index is 0.191. The third kappa shape index (κ3) is 5.29. The molecule has 0 saturated heterocycles. The fraction of sp³-hybridized carbons (Fsp3) is 0.174. The van der Waals surface area contributed by atoms with Gasteiger partial charge in [0.05, 0.1) is 28.9 Å². The van der Waals surface area contributed by atoms with Crippen molar-refractivity contribution in [3.8, 4) is 5.75 Å². The molecule has 1 aromatic heterocycles. The van der Waals surface area contributed by atoms with Gasteiger partial charge in [-0.15, -0.1) is 11.3 Å². The van der Waals surface area contributed by atoms with Gasteiger partial charge in [0.2, 0.25) is 0 Å². The van der Waals surface area contributed by atoms with Crippen molar-refractivity contribution in [3.63, 3.8) is 0 Å². The second-order valence-electron chi connectivity index (χ2n) is 6.69. The first-order valence-electron chi connectivity index (χ1n) is 9.43. The van der Waals surface area contributed by atoms with Gasteiger partial charge in [0.1, 0.15) is 5.75 Å². The SMILES string of the molecule is COc1ccc(C)cc1NC(=O)COC(=O)c1ccccc1N(C)C(=O)c1cccs1. The average molecular weight is 439 g/mol. The predicted octanol–water partition coefficient (Wildman–Crippen LogP) is 4.14. The maximum atomic E-state index is 12.7. The van der Waals surface area contributed by atoms with Crippen LogP contribution in [0.3, 0.4) is 0 Å². The number of methoxy groups -OCH3 is 1. The van der Waals surface area contributed by atoms with Gasteiger partial charge in [0, 0.05) is 7.05 Å². The first-order valence-corrected chi connectivity index (χ1v) is 10.3. The van der Waals surface area contributed by atoms with Crippen LogP contribution in [0.1, 0.15) is 25.6 Å². The average Bonchev–Trinajstić information content (AvgIpc) is 3.31. The number of para-hydroxylation sites is 1. The normalized spacial score (nSPS) is 10.3.